The number of rotatable bonds is 2. The Morgan fingerprint density at radius 2 is 2.15 bits per heavy atom. The van der Waals surface area contributed by atoms with Gasteiger partial charge in [-0.15, -0.1) is 0 Å². The number of nitrogens with zero attached hydrogens (tertiary/aromatic N) is 3. The maximum Gasteiger partial charge on any atom is 0.263 e. The lowest BCUT2D eigenvalue weighted by Gasteiger charge is -1.96. The van der Waals surface area contributed by atoms with Gasteiger partial charge in [0.1, 0.15) is 10.8 Å². The van der Waals surface area contributed by atoms with Gasteiger partial charge in [-0.25, -0.2) is 4.39 Å². The molecule has 2 heterocycles. The summed E-state index contributed by atoms with van der Waals surface area (Å²) in [5.74, 6) is 0.197. The van der Waals surface area contributed by atoms with E-state index in [9.17, 15) is 4.39 Å². The van der Waals surface area contributed by atoms with Crippen molar-refractivity contribution in [2.75, 3.05) is 5.73 Å². The molecule has 20 heavy (non-hydrogen) atoms. The fraction of sp³-hybridized carbons (Fsp3) is 0.0833. The second kappa shape index (κ2) is 4.95. The first-order valence-corrected chi connectivity index (χ1v) is 7.13. The number of aryl methyl sites for hydroxylation is 1. The Labute approximate surface area is 125 Å². The Bertz CT molecular complexity index is 746. The van der Waals surface area contributed by atoms with Gasteiger partial charge in [-0.3, -0.25) is 0 Å². The Morgan fingerprint density at radius 3 is 2.80 bits per heavy atom. The number of halogens is 2. The van der Waals surface area contributed by atoms with Crippen molar-refractivity contribution >= 4 is 32.5 Å². The van der Waals surface area contributed by atoms with E-state index in [2.05, 4.69) is 30.4 Å². The molecule has 0 amide bonds. The largest absolute Gasteiger partial charge is 0.389 e. The number of nitrogen functional groups attached to an aromatic ring is 1. The molecule has 8 heteroatoms. The third-order valence-corrected chi connectivity index (χ3v) is 3.87. The van der Waals surface area contributed by atoms with Gasteiger partial charge in [0.15, 0.2) is 0 Å². The summed E-state index contributed by atoms with van der Waals surface area (Å²) in [6.45, 7) is 1.81. The van der Waals surface area contributed by atoms with Crippen molar-refractivity contribution in [2.45, 2.75) is 6.92 Å². The second-order valence-electron chi connectivity index (χ2n) is 4.09. The Morgan fingerprint density at radius 1 is 1.35 bits per heavy atom. The van der Waals surface area contributed by atoms with Crippen LogP contribution in [0.25, 0.3) is 22.8 Å². The second-order valence-corrected chi connectivity index (χ2v) is 5.81. The summed E-state index contributed by atoms with van der Waals surface area (Å²) in [5, 5.41) is 4.37. The van der Waals surface area contributed by atoms with E-state index in [-0.39, 0.29) is 11.7 Å². The normalized spacial score (nSPS) is 10.9. The monoisotopic (exact) mass is 354 g/mol. The molecule has 2 N–H and O–H groups in total. The minimum absolute atomic E-state index is 0.282. The molecule has 0 saturated heterocycles. The maximum atomic E-state index is 13.4. The van der Waals surface area contributed by atoms with Crippen LogP contribution in [0.5, 0.6) is 0 Å². The van der Waals surface area contributed by atoms with Gasteiger partial charge < -0.3 is 10.3 Å². The number of nitrogens with two attached hydrogens (primary N) is 1. The lowest BCUT2D eigenvalue weighted by atomic mass is 10.2. The van der Waals surface area contributed by atoms with Crippen LogP contribution in [0.2, 0.25) is 0 Å². The molecule has 3 rings (SSSR count). The lowest BCUT2D eigenvalue weighted by Crippen LogP contribution is -1.87. The van der Waals surface area contributed by atoms with Crippen molar-refractivity contribution in [1.29, 1.82) is 0 Å². The number of anilines is 1. The van der Waals surface area contributed by atoms with Gasteiger partial charge in [-0.05, 0) is 36.7 Å². The third kappa shape index (κ3) is 2.32. The molecule has 5 nitrogen and oxygen atoms in total. The van der Waals surface area contributed by atoms with Gasteiger partial charge in [0, 0.05) is 10.0 Å². The quantitative estimate of drug-likeness (QED) is 0.759. The highest BCUT2D eigenvalue weighted by atomic mass is 79.9. The van der Waals surface area contributed by atoms with E-state index in [1.807, 2.05) is 6.92 Å². The zero-order valence-electron chi connectivity index (χ0n) is 10.2. The summed E-state index contributed by atoms with van der Waals surface area (Å²) < 4.78 is 23.3. The first-order valence-electron chi connectivity index (χ1n) is 5.57. The molecular weight excluding hydrogens is 347 g/mol. The molecule has 0 atom stereocenters. The van der Waals surface area contributed by atoms with Crippen LogP contribution in [0.1, 0.15) is 5.69 Å². The Hall–Kier alpha value is -1.80. The molecule has 0 radical (unpaired) electrons. The van der Waals surface area contributed by atoms with Gasteiger partial charge >= 0.3 is 0 Å². The Kier molecular flexibility index (Phi) is 3.27. The maximum absolute atomic E-state index is 13.4. The zero-order valence-corrected chi connectivity index (χ0v) is 12.6. The highest BCUT2D eigenvalue weighted by Gasteiger charge is 2.18. The van der Waals surface area contributed by atoms with Crippen LogP contribution in [-0.2, 0) is 0 Å². The molecule has 1 aromatic carbocycles. The van der Waals surface area contributed by atoms with Crippen LogP contribution in [0.3, 0.4) is 0 Å². The molecule has 102 valence electrons. The van der Waals surface area contributed by atoms with Crippen LogP contribution in [0.15, 0.2) is 27.2 Å². The summed E-state index contributed by atoms with van der Waals surface area (Å²) in [7, 11) is 0. The standard InChI is InChI=1S/C12H8BrFN4OS/c1-5-9(10(15)20-18-5)12-16-11(17-19-12)6-2-7(13)4-8(14)3-6/h2-4H,15H2,1H3. The number of benzene rings is 1. The van der Waals surface area contributed by atoms with Gasteiger partial charge in [0.2, 0.25) is 5.82 Å². The van der Waals surface area contributed by atoms with E-state index < -0.39 is 0 Å². The van der Waals surface area contributed by atoms with Crippen LogP contribution in [0.4, 0.5) is 9.39 Å². The predicted molar refractivity (Wildman–Crippen MR) is 77.6 cm³/mol. The molecule has 0 aliphatic rings. The number of hydrogen-bond acceptors (Lipinski definition) is 6. The van der Waals surface area contributed by atoms with Gasteiger partial charge in [0.25, 0.3) is 5.89 Å². The van der Waals surface area contributed by atoms with Crippen molar-refractivity contribution in [3.8, 4) is 22.8 Å². The van der Waals surface area contributed by atoms with Gasteiger partial charge in [0.05, 0.1) is 11.3 Å². The first kappa shape index (κ1) is 13.2. The van der Waals surface area contributed by atoms with E-state index in [1.54, 1.807) is 6.07 Å². The molecule has 0 saturated carbocycles. The lowest BCUT2D eigenvalue weighted by molar-refractivity contribution is 0.432. The Balaban J connectivity index is 2.06. The minimum atomic E-state index is -0.381. The van der Waals surface area contributed by atoms with Crippen LogP contribution >= 0.6 is 27.5 Å². The minimum Gasteiger partial charge on any atom is -0.389 e. The average Bonchev–Trinajstić information content (AvgIpc) is 2.95. The highest BCUT2D eigenvalue weighted by Crippen LogP contribution is 2.32. The summed E-state index contributed by atoms with van der Waals surface area (Å²) in [6.07, 6.45) is 0. The van der Waals surface area contributed by atoms with Gasteiger partial charge in [-0.2, -0.15) is 9.36 Å². The molecule has 2 aromatic heterocycles. The van der Waals surface area contributed by atoms with Gasteiger partial charge in [-0.1, -0.05) is 21.1 Å². The van der Waals surface area contributed by atoms with Crippen LogP contribution in [-0.4, -0.2) is 14.5 Å². The third-order valence-electron chi connectivity index (χ3n) is 2.65. The van der Waals surface area contributed by atoms with Crippen LogP contribution in [0, 0.1) is 12.7 Å². The van der Waals surface area contributed by atoms with E-state index >= 15 is 0 Å². The van der Waals surface area contributed by atoms with E-state index in [0.29, 0.717) is 26.4 Å². The number of aromatic nitrogens is 3. The van der Waals surface area contributed by atoms with Crippen molar-refractivity contribution in [3.63, 3.8) is 0 Å². The molecule has 3 aromatic rings. The molecule has 0 bridgehead atoms. The van der Waals surface area contributed by atoms with Crippen molar-refractivity contribution in [3.05, 3.63) is 34.2 Å². The van der Waals surface area contributed by atoms with E-state index in [0.717, 1.165) is 5.69 Å². The van der Waals surface area contributed by atoms with E-state index in [4.69, 9.17) is 10.3 Å². The van der Waals surface area contributed by atoms with Crippen LogP contribution < -0.4 is 5.73 Å². The van der Waals surface area contributed by atoms with Crippen molar-refractivity contribution in [1.82, 2.24) is 14.5 Å². The smallest absolute Gasteiger partial charge is 0.263 e. The molecule has 0 spiro atoms. The summed E-state index contributed by atoms with van der Waals surface area (Å²) >= 11 is 4.39. The molecule has 0 fully saturated rings. The summed E-state index contributed by atoms with van der Waals surface area (Å²) in [4.78, 5) is 4.25. The summed E-state index contributed by atoms with van der Waals surface area (Å²) in [6, 6.07) is 4.40. The molecule has 0 aliphatic heterocycles. The average molecular weight is 355 g/mol. The summed E-state index contributed by atoms with van der Waals surface area (Å²) in [5.41, 5.74) is 7.70. The molecular formula is C12H8BrFN4OS. The fourth-order valence-corrected chi connectivity index (χ4v) is 2.89. The first-order chi connectivity index (χ1) is 9.54. The van der Waals surface area contributed by atoms with Crippen molar-refractivity contribution in [2.24, 2.45) is 0 Å². The van der Waals surface area contributed by atoms with Crippen molar-refractivity contribution < 1.29 is 8.91 Å². The highest BCUT2D eigenvalue weighted by molar-refractivity contribution is 9.10. The molecule has 0 aliphatic carbocycles. The van der Waals surface area contributed by atoms with E-state index in [1.165, 1.54) is 23.7 Å². The number of hydrogen-bond donors (Lipinski definition) is 1. The SMILES string of the molecule is Cc1nsc(N)c1-c1nc(-c2cc(F)cc(Br)c2)no1. The fourth-order valence-electron chi connectivity index (χ4n) is 1.77. The molecule has 0 unspecified atom stereocenters. The predicted octanol–water partition coefficient (Wildman–Crippen LogP) is 3.65. The topological polar surface area (TPSA) is 77.8 Å². The zero-order chi connectivity index (χ0) is 14.3.